The van der Waals surface area contributed by atoms with Crippen molar-refractivity contribution in [1.82, 2.24) is 4.98 Å². The predicted octanol–water partition coefficient (Wildman–Crippen LogP) is 2.74. The Hall–Kier alpha value is -1.93. The molecule has 0 atom stereocenters. The molecule has 6 nitrogen and oxygen atoms in total. The van der Waals surface area contributed by atoms with E-state index < -0.39 is 5.97 Å². The number of ether oxygens (including phenoxy) is 1. The number of carbonyl (C=O) groups excluding carboxylic acids is 1. The molecule has 7 heteroatoms. The van der Waals surface area contributed by atoms with Crippen LogP contribution >= 0.6 is 15.9 Å². The number of hydrogen-bond acceptors (Lipinski definition) is 5. The molecular formula is C18H20BrNO5. The van der Waals surface area contributed by atoms with Crippen LogP contribution in [0.4, 0.5) is 0 Å². The van der Waals surface area contributed by atoms with Gasteiger partial charge in [0, 0.05) is 11.3 Å². The van der Waals surface area contributed by atoms with Gasteiger partial charge in [-0.25, -0.2) is 4.79 Å². The number of carbonyl (C=O) groups is 1. The van der Waals surface area contributed by atoms with E-state index in [1.807, 2.05) is 0 Å². The van der Waals surface area contributed by atoms with Crippen LogP contribution in [0, 0.1) is 0 Å². The molecule has 2 aromatic rings. The first kappa shape index (κ1) is 19.4. The molecule has 134 valence electrons. The SMILES string of the molecule is C=Cc1[nH]c(C(=O)OCC)c(Br)c1-c1ccc(CO)c(CO)c1CO. The van der Waals surface area contributed by atoms with E-state index in [-0.39, 0.29) is 32.1 Å². The van der Waals surface area contributed by atoms with Crippen LogP contribution in [-0.2, 0) is 24.6 Å². The van der Waals surface area contributed by atoms with E-state index in [1.54, 1.807) is 25.1 Å². The molecule has 0 aliphatic carbocycles. The normalized spacial score (nSPS) is 10.8. The minimum Gasteiger partial charge on any atom is -0.461 e. The van der Waals surface area contributed by atoms with Crippen molar-refractivity contribution >= 4 is 28.0 Å². The van der Waals surface area contributed by atoms with Gasteiger partial charge >= 0.3 is 5.97 Å². The van der Waals surface area contributed by atoms with Gasteiger partial charge in [0.25, 0.3) is 0 Å². The fourth-order valence-corrected chi connectivity index (χ4v) is 3.45. The number of halogens is 1. The molecule has 0 unspecified atom stereocenters. The number of hydrogen-bond donors (Lipinski definition) is 4. The second-order valence-corrected chi connectivity index (χ2v) is 6.02. The Balaban J connectivity index is 2.74. The molecule has 0 bridgehead atoms. The molecule has 1 heterocycles. The second-order valence-electron chi connectivity index (χ2n) is 5.23. The maximum atomic E-state index is 12.1. The summed E-state index contributed by atoms with van der Waals surface area (Å²) in [4.78, 5) is 15.1. The monoisotopic (exact) mass is 409 g/mol. The van der Waals surface area contributed by atoms with Gasteiger partial charge < -0.3 is 25.0 Å². The molecule has 0 aliphatic heterocycles. The fourth-order valence-electron chi connectivity index (χ4n) is 2.76. The molecule has 0 spiro atoms. The number of aromatic amines is 1. The van der Waals surface area contributed by atoms with E-state index in [2.05, 4.69) is 27.5 Å². The number of aromatic nitrogens is 1. The highest BCUT2D eigenvalue weighted by atomic mass is 79.9. The third-order valence-electron chi connectivity index (χ3n) is 3.94. The average molecular weight is 410 g/mol. The van der Waals surface area contributed by atoms with Gasteiger partial charge in [-0.1, -0.05) is 18.7 Å². The van der Waals surface area contributed by atoms with E-state index in [1.165, 1.54) is 0 Å². The van der Waals surface area contributed by atoms with E-state index in [9.17, 15) is 20.1 Å². The molecule has 0 amide bonds. The first-order valence-corrected chi connectivity index (χ1v) is 8.50. The van der Waals surface area contributed by atoms with Crippen LogP contribution in [0.3, 0.4) is 0 Å². The summed E-state index contributed by atoms with van der Waals surface area (Å²) in [7, 11) is 0. The zero-order valence-electron chi connectivity index (χ0n) is 13.8. The lowest BCUT2D eigenvalue weighted by Crippen LogP contribution is -2.06. The van der Waals surface area contributed by atoms with Gasteiger partial charge in [-0.2, -0.15) is 0 Å². The van der Waals surface area contributed by atoms with Gasteiger partial charge in [0.05, 0.1) is 30.9 Å². The van der Waals surface area contributed by atoms with Crippen molar-refractivity contribution in [3.63, 3.8) is 0 Å². The maximum absolute atomic E-state index is 12.1. The summed E-state index contributed by atoms with van der Waals surface area (Å²) in [5.74, 6) is -0.511. The number of H-pyrrole nitrogens is 1. The van der Waals surface area contributed by atoms with Crippen LogP contribution in [0.5, 0.6) is 0 Å². The Morgan fingerprint density at radius 2 is 1.92 bits per heavy atom. The summed E-state index contributed by atoms with van der Waals surface area (Å²) < 4.78 is 5.52. The highest BCUT2D eigenvalue weighted by Gasteiger charge is 2.24. The molecule has 0 fully saturated rings. The predicted molar refractivity (Wildman–Crippen MR) is 97.7 cm³/mol. The number of benzene rings is 1. The molecule has 0 radical (unpaired) electrons. The van der Waals surface area contributed by atoms with Crippen LogP contribution in [0.1, 0.15) is 39.8 Å². The van der Waals surface area contributed by atoms with Gasteiger partial charge in [-0.15, -0.1) is 0 Å². The number of rotatable bonds is 7. The van der Waals surface area contributed by atoms with Crippen molar-refractivity contribution in [2.45, 2.75) is 26.7 Å². The van der Waals surface area contributed by atoms with Crippen molar-refractivity contribution < 1.29 is 24.9 Å². The summed E-state index contributed by atoms with van der Waals surface area (Å²) >= 11 is 3.42. The standard InChI is InChI=1S/C18H20BrNO5/c1-3-14-15(16(19)17(20-14)18(24)25-4-2)11-6-5-10(7-21)12(8-22)13(11)9-23/h3,5-6,20-23H,1,4,7-9H2,2H3. The molecule has 1 aromatic carbocycles. The number of aliphatic hydroxyl groups is 3. The Bertz CT molecular complexity index is 797. The van der Waals surface area contributed by atoms with Crippen molar-refractivity contribution in [3.8, 4) is 11.1 Å². The fraction of sp³-hybridized carbons (Fsp3) is 0.278. The number of nitrogens with one attached hydrogen (secondary N) is 1. The summed E-state index contributed by atoms with van der Waals surface area (Å²) in [6.45, 7) is 4.81. The summed E-state index contributed by atoms with van der Waals surface area (Å²) in [6, 6.07) is 3.41. The van der Waals surface area contributed by atoms with Gasteiger partial charge in [0.2, 0.25) is 0 Å². The molecule has 4 N–H and O–H groups in total. The van der Waals surface area contributed by atoms with Crippen molar-refractivity contribution in [2.75, 3.05) is 6.61 Å². The van der Waals surface area contributed by atoms with Crippen LogP contribution in [0.2, 0.25) is 0 Å². The number of esters is 1. The average Bonchev–Trinajstić information content (AvgIpc) is 2.96. The molecule has 2 rings (SSSR count). The van der Waals surface area contributed by atoms with Crippen LogP contribution in [0.15, 0.2) is 23.2 Å². The smallest absolute Gasteiger partial charge is 0.355 e. The van der Waals surface area contributed by atoms with Crippen molar-refractivity contribution in [1.29, 1.82) is 0 Å². The minimum atomic E-state index is -0.511. The van der Waals surface area contributed by atoms with Crippen LogP contribution in [-0.4, -0.2) is 32.9 Å². The van der Waals surface area contributed by atoms with Gasteiger partial charge in [0.15, 0.2) is 0 Å². The Morgan fingerprint density at radius 3 is 2.44 bits per heavy atom. The molecular weight excluding hydrogens is 390 g/mol. The lowest BCUT2D eigenvalue weighted by molar-refractivity contribution is 0.0519. The highest BCUT2D eigenvalue weighted by Crippen LogP contribution is 2.39. The molecule has 0 aliphatic rings. The summed E-state index contributed by atoms with van der Waals surface area (Å²) in [5, 5.41) is 28.9. The zero-order chi connectivity index (χ0) is 18.6. The Kier molecular flexibility index (Phi) is 6.55. The van der Waals surface area contributed by atoms with E-state index in [0.717, 1.165) is 0 Å². The second kappa shape index (κ2) is 8.44. The van der Waals surface area contributed by atoms with E-state index >= 15 is 0 Å². The minimum absolute atomic E-state index is 0.241. The Labute approximate surface area is 153 Å². The van der Waals surface area contributed by atoms with Crippen LogP contribution < -0.4 is 0 Å². The van der Waals surface area contributed by atoms with Gasteiger partial charge in [0.1, 0.15) is 5.69 Å². The first-order chi connectivity index (χ1) is 12.0. The zero-order valence-corrected chi connectivity index (χ0v) is 15.4. The Morgan fingerprint density at radius 1 is 1.24 bits per heavy atom. The topological polar surface area (TPSA) is 103 Å². The molecule has 0 saturated carbocycles. The number of aliphatic hydroxyl groups excluding tert-OH is 3. The molecule has 25 heavy (non-hydrogen) atoms. The third kappa shape index (κ3) is 3.55. The first-order valence-electron chi connectivity index (χ1n) is 7.71. The third-order valence-corrected chi connectivity index (χ3v) is 4.73. The van der Waals surface area contributed by atoms with Gasteiger partial charge in [-0.3, -0.25) is 0 Å². The van der Waals surface area contributed by atoms with Crippen molar-refractivity contribution in [2.24, 2.45) is 0 Å². The lowest BCUT2D eigenvalue weighted by atomic mass is 9.92. The van der Waals surface area contributed by atoms with Crippen molar-refractivity contribution in [3.05, 3.63) is 51.3 Å². The lowest BCUT2D eigenvalue weighted by Gasteiger charge is -2.16. The molecule has 1 aromatic heterocycles. The summed E-state index contributed by atoms with van der Waals surface area (Å²) in [5.41, 5.74) is 3.54. The quantitative estimate of drug-likeness (QED) is 0.526. The van der Waals surface area contributed by atoms with Crippen LogP contribution in [0.25, 0.3) is 17.2 Å². The van der Waals surface area contributed by atoms with E-state index in [4.69, 9.17) is 4.74 Å². The molecule has 0 saturated heterocycles. The van der Waals surface area contributed by atoms with Gasteiger partial charge in [-0.05, 0) is 51.2 Å². The highest BCUT2D eigenvalue weighted by molar-refractivity contribution is 9.10. The van der Waals surface area contributed by atoms with E-state index in [0.29, 0.717) is 38.0 Å². The summed E-state index contributed by atoms with van der Waals surface area (Å²) in [6.07, 6.45) is 1.56. The maximum Gasteiger partial charge on any atom is 0.355 e. The largest absolute Gasteiger partial charge is 0.461 e.